The zero-order valence-corrected chi connectivity index (χ0v) is 11.8. The monoisotopic (exact) mass is 289 g/mol. The van der Waals surface area contributed by atoms with Crippen LogP contribution in [-0.4, -0.2) is 80.9 Å². The lowest BCUT2D eigenvalue weighted by Crippen LogP contribution is -2.64. The number of fused-ring (bicyclic) bond motifs is 1. The molecule has 7 nitrogen and oxygen atoms in total. The Morgan fingerprint density at radius 2 is 2.05 bits per heavy atom. The van der Waals surface area contributed by atoms with Gasteiger partial charge in [0.05, 0.1) is 13.2 Å². The van der Waals surface area contributed by atoms with Crippen molar-refractivity contribution in [3.8, 4) is 0 Å². The topological polar surface area (TPSA) is 110 Å². The molecule has 2 rings (SSSR count). The first kappa shape index (κ1) is 15.7. The SMILES string of the molecule is CCCN1[C@H](C(=O)OC)C[C@@]2(O)[C@@H](O)[C@@H](O)[C@H](O)C[C@@H]12. The fourth-order valence-corrected chi connectivity index (χ4v) is 3.52. The number of esters is 1. The summed E-state index contributed by atoms with van der Waals surface area (Å²) in [5, 5.41) is 40.4. The molecule has 2 aliphatic rings. The second-order valence-corrected chi connectivity index (χ2v) is 5.73. The Morgan fingerprint density at radius 3 is 2.60 bits per heavy atom. The Morgan fingerprint density at radius 1 is 1.40 bits per heavy atom. The summed E-state index contributed by atoms with van der Waals surface area (Å²) in [5.74, 6) is -0.475. The van der Waals surface area contributed by atoms with E-state index in [1.807, 2.05) is 6.92 Å². The van der Waals surface area contributed by atoms with Crippen LogP contribution >= 0.6 is 0 Å². The number of aliphatic hydroxyl groups excluding tert-OH is 3. The molecule has 0 radical (unpaired) electrons. The molecule has 2 fully saturated rings. The molecule has 20 heavy (non-hydrogen) atoms. The van der Waals surface area contributed by atoms with E-state index in [4.69, 9.17) is 4.74 Å². The Hall–Kier alpha value is -0.730. The molecular weight excluding hydrogens is 266 g/mol. The number of nitrogens with zero attached hydrogens (tertiary/aromatic N) is 1. The zero-order valence-electron chi connectivity index (χ0n) is 11.8. The van der Waals surface area contributed by atoms with E-state index < -0.39 is 42.0 Å². The highest BCUT2D eigenvalue weighted by molar-refractivity contribution is 5.76. The molecule has 7 heteroatoms. The van der Waals surface area contributed by atoms with E-state index in [0.717, 1.165) is 6.42 Å². The third-order valence-electron chi connectivity index (χ3n) is 4.55. The van der Waals surface area contributed by atoms with Crippen molar-refractivity contribution in [2.24, 2.45) is 0 Å². The molecule has 1 saturated heterocycles. The van der Waals surface area contributed by atoms with Gasteiger partial charge in [0.15, 0.2) is 0 Å². The fraction of sp³-hybridized carbons (Fsp3) is 0.923. The molecule has 0 bridgehead atoms. The molecule has 116 valence electrons. The number of carbonyl (C=O) groups excluding carboxylic acids is 1. The van der Waals surface area contributed by atoms with E-state index in [0.29, 0.717) is 6.54 Å². The molecule has 0 amide bonds. The Balaban J connectivity index is 2.33. The number of methoxy groups -OCH3 is 1. The number of ether oxygens (including phenoxy) is 1. The molecule has 0 aromatic rings. The maximum Gasteiger partial charge on any atom is 0.323 e. The number of rotatable bonds is 3. The minimum Gasteiger partial charge on any atom is -0.468 e. The summed E-state index contributed by atoms with van der Waals surface area (Å²) in [6.45, 7) is 2.48. The number of carbonyl (C=O) groups is 1. The van der Waals surface area contributed by atoms with Gasteiger partial charge in [-0.15, -0.1) is 0 Å². The molecule has 1 aliphatic heterocycles. The van der Waals surface area contributed by atoms with Crippen molar-refractivity contribution in [1.82, 2.24) is 4.90 Å². The molecule has 0 aromatic carbocycles. The van der Waals surface area contributed by atoms with Gasteiger partial charge in [-0.1, -0.05) is 6.92 Å². The molecule has 0 aromatic heterocycles. The quantitative estimate of drug-likeness (QED) is 0.455. The smallest absolute Gasteiger partial charge is 0.323 e. The number of hydrogen-bond donors (Lipinski definition) is 4. The lowest BCUT2D eigenvalue weighted by molar-refractivity contribution is -0.196. The summed E-state index contributed by atoms with van der Waals surface area (Å²) < 4.78 is 4.75. The van der Waals surface area contributed by atoms with Crippen molar-refractivity contribution in [1.29, 1.82) is 0 Å². The molecule has 1 heterocycles. The minimum atomic E-state index is -1.60. The van der Waals surface area contributed by atoms with Gasteiger partial charge in [0.25, 0.3) is 0 Å². The van der Waals surface area contributed by atoms with E-state index in [-0.39, 0.29) is 12.8 Å². The molecule has 0 spiro atoms. The predicted molar refractivity (Wildman–Crippen MR) is 68.8 cm³/mol. The van der Waals surface area contributed by atoms with Crippen molar-refractivity contribution in [2.75, 3.05) is 13.7 Å². The van der Waals surface area contributed by atoms with Crippen molar-refractivity contribution in [3.05, 3.63) is 0 Å². The summed E-state index contributed by atoms with van der Waals surface area (Å²) in [7, 11) is 1.28. The van der Waals surface area contributed by atoms with E-state index in [1.54, 1.807) is 4.90 Å². The maximum atomic E-state index is 11.9. The van der Waals surface area contributed by atoms with Crippen molar-refractivity contribution in [3.63, 3.8) is 0 Å². The fourth-order valence-electron chi connectivity index (χ4n) is 3.52. The predicted octanol–water partition coefficient (Wildman–Crippen LogP) is -1.77. The van der Waals surface area contributed by atoms with Gasteiger partial charge in [0, 0.05) is 12.5 Å². The van der Waals surface area contributed by atoms with Crippen LogP contribution in [0, 0.1) is 0 Å². The average Bonchev–Trinajstić information content (AvgIpc) is 2.71. The van der Waals surface area contributed by atoms with Crippen LogP contribution in [0.15, 0.2) is 0 Å². The summed E-state index contributed by atoms with van der Waals surface area (Å²) in [6, 6.07) is -1.23. The Bertz CT molecular complexity index is 378. The second kappa shape index (κ2) is 5.57. The third-order valence-corrected chi connectivity index (χ3v) is 4.55. The highest BCUT2D eigenvalue weighted by atomic mass is 16.5. The molecule has 0 unspecified atom stereocenters. The van der Waals surface area contributed by atoms with Gasteiger partial charge in [-0.25, -0.2) is 0 Å². The average molecular weight is 289 g/mol. The first-order valence-electron chi connectivity index (χ1n) is 6.97. The van der Waals surface area contributed by atoms with Crippen LogP contribution < -0.4 is 0 Å². The summed E-state index contributed by atoms with van der Waals surface area (Å²) in [6.07, 6.45) is -3.14. The largest absolute Gasteiger partial charge is 0.468 e. The normalized spacial score (nSPS) is 45.2. The van der Waals surface area contributed by atoms with Gasteiger partial charge in [-0.2, -0.15) is 0 Å². The highest BCUT2D eigenvalue weighted by Gasteiger charge is 2.62. The first-order valence-corrected chi connectivity index (χ1v) is 6.97. The lowest BCUT2D eigenvalue weighted by Gasteiger charge is -2.45. The summed E-state index contributed by atoms with van der Waals surface area (Å²) >= 11 is 0. The van der Waals surface area contributed by atoms with Crippen LogP contribution in [0.1, 0.15) is 26.2 Å². The van der Waals surface area contributed by atoms with Gasteiger partial charge in [0.2, 0.25) is 0 Å². The standard InChI is InChI=1S/C13H23NO6/c1-3-4-14-7(12(18)20-2)6-13(19)9(14)5-8(15)10(16)11(13)17/h7-11,15-17,19H,3-6H2,1-2H3/t7-,8+,9+,10-,11-,13-/m0/s1. The first-order chi connectivity index (χ1) is 9.36. The van der Waals surface area contributed by atoms with Crippen LogP contribution in [0.2, 0.25) is 0 Å². The third kappa shape index (κ3) is 2.23. The Labute approximate surface area is 117 Å². The molecule has 6 atom stereocenters. The molecule has 4 N–H and O–H groups in total. The lowest BCUT2D eigenvalue weighted by atomic mass is 9.75. The van der Waals surface area contributed by atoms with Crippen LogP contribution in [-0.2, 0) is 9.53 Å². The zero-order chi connectivity index (χ0) is 15.1. The molecular formula is C13H23NO6. The number of hydrogen-bond acceptors (Lipinski definition) is 7. The van der Waals surface area contributed by atoms with E-state index in [9.17, 15) is 25.2 Å². The van der Waals surface area contributed by atoms with Gasteiger partial charge < -0.3 is 25.2 Å². The van der Waals surface area contributed by atoms with Gasteiger partial charge in [-0.05, 0) is 19.4 Å². The number of aliphatic hydroxyl groups is 4. The van der Waals surface area contributed by atoms with Crippen LogP contribution in [0.5, 0.6) is 0 Å². The van der Waals surface area contributed by atoms with E-state index >= 15 is 0 Å². The number of likely N-dealkylation sites (tertiary alicyclic amines) is 1. The highest BCUT2D eigenvalue weighted by Crippen LogP contribution is 2.43. The summed E-state index contributed by atoms with van der Waals surface area (Å²) in [4.78, 5) is 13.6. The van der Waals surface area contributed by atoms with Crippen molar-refractivity contribution in [2.45, 2.75) is 62.2 Å². The second-order valence-electron chi connectivity index (χ2n) is 5.73. The summed E-state index contributed by atoms with van der Waals surface area (Å²) in [5.41, 5.74) is -1.60. The van der Waals surface area contributed by atoms with Gasteiger partial charge in [-0.3, -0.25) is 9.69 Å². The van der Waals surface area contributed by atoms with Crippen LogP contribution in [0.4, 0.5) is 0 Å². The van der Waals surface area contributed by atoms with Crippen molar-refractivity contribution >= 4 is 5.97 Å². The van der Waals surface area contributed by atoms with Crippen LogP contribution in [0.25, 0.3) is 0 Å². The molecule has 1 aliphatic carbocycles. The van der Waals surface area contributed by atoms with Gasteiger partial charge in [0.1, 0.15) is 23.9 Å². The van der Waals surface area contributed by atoms with E-state index in [1.165, 1.54) is 7.11 Å². The van der Waals surface area contributed by atoms with Gasteiger partial charge >= 0.3 is 5.97 Å². The maximum absolute atomic E-state index is 11.9. The minimum absolute atomic E-state index is 0.00468. The van der Waals surface area contributed by atoms with Crippen LogP contribution in [0.3, 0.4) is 0 Å². The Kier molecular flexibility index (Phi) is 4.36. The molecule has 1 saturated carbocycles. The van der Waals surface area contributed by atoms with E-state index in [2.05, 4.69) is 0 Å². The van der Waals surface area contributed by atoms with Crippen molar-refractivity contribution < 1.29 is 30.0 Å².